The number of rotatable bonds is 4. The summed E-state index contributed by atoms with van der Waals surface area (Å²) in [5, 5.41) is 1.53. The molecule has 0 aliphatic rings. The summed E-state index contributed by atoms with van der Waals surface area (Å²) in [6, 6.07) is 8.18. The van der Waals surface area contributed by atoms with Crippen molar-refractivity contribution in [3.63, 3.8) is 0 Å². The number of hydrogen-bond donors (Lipinski definition) is 0. The van der Waals surface area contributed by atoms with Gasteiger partial charge in [0.25, 0.3) is 0 Å². The molecule has 0 heterocycles. The average molecular weight is 323 g/mol. The average Bonchev–Trinajstić information content (AvgIpc) is 2.34. The van der Waals surface area contributed by atoms with E-state index in [1.54, 1.807) is 0 Å². The molecular formula is C18H20Cl2O. The maximum atomic E-state index is 6.29. The zero-order chi connectivity index (χ0) is 15.6. The number of hydrogen-bond acceptors (Lipinski definition) is 1. The second-order valence-corrected chi connectivity index (χ2v) is 6.39. The van der Waals surface area contributed by atoms with Crippen molar-refractivity contribution in [3.8, 4) is 0 Å². The van der Waals surface area contributed by atoms with Crippen molar-refractivity contribution in [1.82, 2.24) is 0 Å². The van der Waals surface area contributed by atoms with Crippen molar-refractivity contribution in [3.05, 3.63) is 67.7 Å². The second-order valence-electron chi connectivity index (χ2n) is 5.58. The third-order valence-corrected chi connectivity index (χ3v) is 4.29. The van der Waals surface area contributed by atoms with Crippen molar-refractivity contribution in [2.45, 2.75) is 40.9 Å². The predicted molar refractivity (Wildman–Crippen MR) is 90.3 cm³/mol. The van der Waals surface area contributed by atoms with Crippen molar-refractivity contribution in [2.24, 2.45) is 0 Å². The smallest absolute Gasteiger partial charge is 0.0738 e. The van der Waals surface area contributed by atoms with Crippen LogP contribution in [0.1, 0.15) is 33.4 Å². The van der Waals surface area contributed by atoms with Gasteiger partial charge in [-0.1, -0.05) is 35.3 Å². The van der Waals surface area contributed by atoms with Gasteiger partial charge in [0.05, 0.1) is 13.2 Å². The quantitative estimate of drug-likeness (QED) is 0.676. The van der Waals surface area contributed by atoms with E-state index in [1.165, 1.54) is 11.1 Å². The monoisotopic (exact) mass is 322 g/mol. The van der Waals surface area contributed by atoms with Gasteiger partial charge in [0.15, 0.2) is 0 Å². The summed E-state index contributed by atoms with van der Waals surface area (Å²) in [5.74, 6) is 0. The maximum Gasteiger partial charge on any atom is 0.0738 e. The highest BCUT2D eigenvalue weighted by atomic mass is 35.5. The molecule has 2 rings (SSSR count). The molecule has 3 heteroatoms. The van der Waals surface area contributed by atoms with E-state index >= 15 is 0 Å². The van der Waals surface area contributed by atoms with Crippen LogP contribution in [0.5, 0.6) is 0 Å². The highest BCUT2D eigenvalue weighted by Gasteiger charge is 2.09. The SMILES string of the molecule is Cc1cc(C)c(COCc2c(C)cc(C)cc2Cl)c(Cl)c1. The van der Waals surface area contributed by atoms with Gasteiger partial charge in [-0.25, -0.2) is 0 Å². The zero-order valence-electron chi connectivity index (χ0n) is 12.9. The summed E-state index contributed by atoms with van der Waals surface area (Å²) in [4.78, 5) is 0. The molecule has 0 aromatic heterocycles. The second kappa shape index (κ2) is 6.83. The van der Waals surface area contributed by atoms with E-state index in [0.717, 1.165) is 32.3 Å². The fourth-order valence-corrected chi connectivity index (χ4v) is 3.26. The first-order valence-electron chi connectivity index (χ1n) is 6.97. The van der Waals surface area contributed by atoms with E-state index < -0.39 is 0 Å². The minimum atomic E-state index is 0.495. The Hall–Kier alpha value is -1.02. The van der Waals surface area contributed by atoms with Crippen molar-refractivity contribution in [2.75, 3.05) is 0 Å². The third kappa shape index (κ3) is 4.00. The molecule has 0 saturated carbocycles. The molecule has 112 valence electrons. The highest BCUT2D eigenvalue weighted by molar-refractivity contribution is 6.31. The van der Waals surface area contributed by atoms with E-state index in [2.05, 4.69) is 26.0 Å². The summed E-state index contributed by atoms with van der Waals surface area (Å²) >= 11 is 12.6. The van der Waals surface area contributed by atoms with Crippen LogP contribution < -0.4 is 0 Å². The Morgan fingerprint density at radius 2 is 1.10 bits per heavy atom. The number of aryl methyl sites for hydroxylation is 4. The third-order valence-electron chi connectivity index (χ3n) is 3.62. The molecule has 0 unspecified atom stereocenters. The van der Waals surface area contributed by atoms with E-state index in [0.29, 0.717) is 13.2 Å². The molecular weight excluding hydrogens is 303 g/mol. The molecule has 0 atom stereocenters. The molecule has 0 aliphatic carbocycles. The minimum absolute atomic E-state index is 0.495. The maximum absolute atomic E-state index is 6.29. The number of ether oxygens (including phenoxy) is 1. The summed E-state index contributed by atoms with van der Waals surface area (Å²) in [5.41, 5.74) is 6.74. The van der Waals surface area contributed by atoms with Gasteiger partial charge in [0.2, 0.25) is 0 Å². The van der Waals surface area contributed by atoms with Crippen LogP contribution in [-0.2, 0) is 18.0 Å². The standard InChI is InChI=1S/C18H20Cl2O/c1-11-5-13(3)15(17(19)7-11)9-21-10-16-14(4)6-12(2)8-18(16)20/h5-8H,9-10H2,1-4H3. The number of benzene rings is 2. The van der Waals surface area contributed by atoms with Gasteiger partial charge in [-0.3, -0.25) is 0 Å². The van der Waals surface area contributed by atoms with E-state index in [9.17, 15) is 0 Å². The molecule has 0 bridgehead atoms. The van der Waals surface area contributed by atoms with Crippen molar-refractivity contribution in [1.29, 1.82) is 0 Å². The van der Waals surface area contributed by atoms with Crippen LogP contribution in [0.3, 0.4) is 0 Å². The van der Waals surface area contributed by atoms with Gasteiger partial charge in [-0.15, -0.1) is 0 Å². The van der Waals surface area contributed by atoms with E-state index in [1.807, 2.05) is 26.0 Å². The van der Waals surface area contributed by atoms with Crippen LogP contribution in [0.15, 0.2) is 24.3 Å². The van der Waals surface area contributed by atoms with E-state index in [4.69, 9.17) is 27.9 Å². The topological polar surface area (TPSA) is 9.23 Å². The van der Waals surface area contributed by atoms with Gasteiger partial charge in [-0.05, 0) is 73.2 Å². The van der Waals surface area contributed by atoms with Crippen LogP contribution in [0, 0.1) is 27.7 Å². The van der Waals surface area contributed by atoms with Crippen molar-refractivity contribution < 1.29 is 4.74 Å². The van der Waals surface area contributed by atoms with Crippen LogP contribution in [0.2, 0.25) is 10.0 Å². The van der Waals surface area contributed by atoms with Crippen LogP contribution in [-0.4, -0.2) is 0 Å². The Kier molecular flexibility index (Phi) is 5.32. The van der Waals surface area contributed by atoms with Gasteiger partial charge in [-0.2, -0.15) is 0 Å². The lowest BCUT2D eigenvalue weighted by molar-refractivity contribution is 0.106. The molecule has 1 nitrogen and oxygen atoms in total. The molecule has 21 heavy (non-hydrogen) atoms. The molecule has 0 aliphatic heterocycles. The Bertz CT molecular complexity index is 559. The Morgan fingerprint density at radius 3 is 1.43 bits per heavy atom. The summed E-state index contributed by atoms with van der Waals surface area (Å²) in [6.07, 6.45) is 0. The van der Waals surface area contributed by atoms with Gasteiger partial charge < -0.3 is 4.74 Å². The Balaban J connectivity index is 2.09. The minimum Gasteiger partial charge on any atom is -0.372 e. The first-order chi connectivity index (χ1) is 9.88. The van der Waals surface area contributed by atoms with Crippen LogP contribution >= 0.6 is 23.2 Å². The summed E-state index contributed by atoms with van der Waals surface area (Å²) < 4.78 is 5.84. The molecule has 0 radical (unpaired) electrons. The molecule has 2 aromatic carbocycles. The fraction of sp³-hybridized carbons (Fsp3) is 0.333. The first kappa shape index (κ1) is 16.4. The molecule has 0 amide bonds. The summed E-state index contributed by atoms with van der Waals surface area (Å²) in [7, 11) is 0. The van der Waals surface area contributed by atoms with E-state index in [-0.39, 0.29) is 0 Å². The highest BCUT2D eigenvalue weighted by Crippen LogP contribution is 2.26. The van der Waals surface area contributed by atoms with Gasteiger partial charge in [0, 0.05) is 10.0 Å². The molecule has 0 spiro atoms. The molecule has 0 saturated heterocycles. The fourth-order valence-electron chi connectivity index (χ4n) is 2.51. The lowest BCUT2D eigenvalue weighted by Gasteiger charge is -2.13. The lowest BCUT2D eigenvalue weighted by Crippen LogP contribution is -2.00. The molecule has 0 N–H and O–H groups in total. The summed E-state index contributed by atoms with van der Waals surface area (Å²) in [6.45, 7) is 9.18. The zero-order valence-corrected chi connectivity index (χ0v) is 14.4. The predicted octanol–water partition coefficient (Wildman–Crippen LogP) is 5.94. The van der Waals surface area contributed by atoms with Crippen LogP contribution in [0.25, 0.3) is 0 Å². The largest absolute Gasteiger partial charge is 0.372 e. The first-order valence-corrected chi connectivity index (χ1v) is 7.73. The Morgan fingerprint density at radius 1 is 0.714 bits per heavy atom. The normalized spacial score (nSPS) is 11.0. The molecule has 0 fully saturated rings. The van der Waals surface area contributed by atoms with Gasteiger partial charge >= 0.3 is 0 Å². The van der Waals surface area contributed by atoms with Crippen molar-refractivity contribution >= 4 is 23.2 Å². The molecule has 2 aromatic rings. The number of halogens is 2. The van der Waals surface area contributed by atoms with Gasteiger partial charge in [0.1, 0.15) is 0 Å². The Labute approximate surface area is 136 Å². The van der Waals surface area contributed by atoms with Crippen LogP contribution in [0.4, 0.5) is 0 Å². The lowest BCUT2D eigenvalue weighted by atomic mass is 10.1.